The highest BCUT2D eigenvalue weighted by Gasteiger charge is 2.48. The fourth-order valence-electron chi connectivity index (χ4n) is 4.71. The molecule has 2 aliphatic rings. The molecule has 3 aromatic heterocycles. The number of rotatable bonds is 5. The Morgan fingerprint density at radius 2 is 2.00 bits per heavy atom. The van der Waals surface area contributed by atoms with Gasteiger partial charge in [0, 0.05) is 30.4 Å². The van der Waals surface area contributed by atoms with E-state index in [2.05, 4.69) is 26.7 Å². The van der Waals surface area contributed by atoms with Crippen LogP contribution in [0.4, 0.5) is 8.78 Å². The molecule has 1 N–H and O–H groups in total. The predicted octanol–water partition coefficient (Wildman–Crippen LogP) is 3.93. The summed E-state index contributed by atoms with van der Waals surface area (Å²) in [5.41, 5.74) is 3.30. The van der Waals surface area contributed by atoms with Crippen LogP contribution >= 0.6 is 12.4 Å². The molecule has 8 nitrogen and oxygen atoms in total. The highest BCUT2D eigenvalue weighted by Crippen LogP contribution is 2.45. The van der Waals surface area contributed by atoms with Crippen molar-refractivity contribution in [2.75, 3.05) is 13.1 Å². The molecule has 0 bridgehead atoms. The number of halogens is 3. The molecule has 3 aromatic rings. The zero-order valence-corrected chi connectivity index (χ0v) is 19.3. The van der Waals surface area contributed by atoms with Gasteiger partial charge in [-0.05, 0) is 45.8 Å². The van der Waals surface area contributed by atoms with Gasteiger partial charge in [0.05, 0.1) is 17.9 Å². The first-order chi connectivity index (χ1) is 15.4. The number of nitrogens with zero attached hydrogens (tertiary/aromatic N) is 6. The number of imidazole rings is 1. The van der Waals surface area contributed by atoms with Gasteiger partial charge in [0.2, 0.25) is 11.8 Å². The summed E-state index contributed by atoms with van der Waals surface area (Å²) in [5, 5.41) is 21.7. The molecule has 1 aliphatic heterocycles. The molecular weight excluding hydrogens is 452 g/mol. The Kier molecular flexibility index (Phi) is 6.29. The van der Waals surface area contributed by atoms with Crippen LogP contribution < -0.4 is 10.1 Å². The number of piperidine rings is 1. The minimum atomic E-state index is -2.61. The Morgan fingerprint density at radius 1 is 1.27 bits per heavy atom. The molecule has 5 rings (SSSR count). The van der Waals surface area contributed by atoms with E-state index in [1.165, 1.54) is 6.20 Å². The average Bonchev–Trinajstić information content (AvgIpc) is 3.35. The zero-order chi connectivity index (χ0) is 22.5. The second-order valence-electron chi connectivity index (χ2n) is 8.83. The topological polar surface area (TPSA) is 93.1 Å². The Labute approximate surface area is 196 Å². The molecule has 0 aromatic carbocycles. The average molecular weight is 478 g/mol. The number of ether oxygens (including phenoxy) is 1. The molecule has 2 fully saturated rings. The van der Waals surface area contributed by atoms with Crippen LogP contribution in [-0.4, -0.2) is 49.5 Å². The van der Waals surface area contributed by atoms with Crippen molar-refractivity contribution >= 4 is 18.1 Å². The van der Waals surface area contributed by atoms with E-state index in [1.807, 2.05) is 17.7 Å². The molecule has 0 radical (unpaired) electrons. The second kappa shape index (κ2) is 8.88. The van der Waals surface area contributed by atoms with Crippen molar-refractivity contribution in [2.24, 2.45) is 5.92 Å². The Hall–Kier alpha value is -2.77. The van der Waals surface area contributed by atoms with Crippen molar-refractivity contribution in [1.29, 1.82) is 5.26 Å². The summed E-state index contributed by atoms with van der Waals surface area (Å²) in [7, 11) is 0. The molecule has 0 amide bonds. The number of alkyl halides is 2. The third-order valence-corrected chi connectivity index (χ3v) is 6.64. The lowest BCUT2D eigenvalue weighted by molar-refractivity contribution is -0.134. The lowest BCUT2D eigenvalue weighted by Crippen LogP contribution is -2.43. The van der Waals surface area contributed by atoms with E-state index in [4.69, 9.17) is 4.74 Å². The number of aromatic nitrogens is 5. The van der Waals surface area contributed by atoms with Crippen LogP contribution in [0, 0.1) is 24.2 Å². The first kappa shape index (κ1) is 23.4. The molecular formula is C22H26ClF2N7O. The Bertz CT molecular complexity index is 1190. The molecule has 1 saturated heterocycles. The monoisotopic (exact) mass is 477 g/mol. The second-order valence-corrected chi connectivity index (χ2v) is 8.83. The van der Waals surface area contributed by atoms with Gasteiger partial charge in [0.1, 0.15) is 29.2 Å². The van der Waals surface area contributed by atoms with Gasteiger partial charge in [-0.15, -0.1) is 17.5 Å². The molecule has 1 aliphatic carbocycles. The number of pyridine rings is 1. The number of nitriles is 1. The van der Waals surface area contributed by atoms with Gasteiger partial charge in [-0.3, -0.25) is 4.40 Å². The fraction of sp³-hybridized carbons (Fsp3) is 0.545. The third-order valence-electron chi connectivity index (χ3n) is 6.64. The van der Waals surface area contributed by atoms with Crippen LogP contribution in [0.5, 0.6) is 5.88 Å². The van der Waals surface area contributed by atoms with Crippen molar-refractivity contribution in [3.8, 4) is 23.2 Å². The minimum absolute atomic E-state index is 0. The van der Waals surface area contributed by atoms with Gasteiger partial charge in [-0.1, -0.05) is 5.21 Å². The van der Waals surface area contributed by atoms with E-state index in [0.29, 0.717) is 23.3 Å². The van der Waals surface area contributed by atoms with E-state index < -0.39 is 12.0 Å². The Balaban J connectivity index is 0.00000259. The maximum Gasteiger partial charge on any atom is 0.249 e. The largest absolute Gasteiger partial charge is 0.475 e. The van der Waals surface area contributed by atoms with Gasteiger partial charge < -0.3 is 10.1 Å². The summed E-state index contributed by atoms with van der Waals surface area (Å²) in [4.78, 5) is 4.35. The molecule has 0 spiro atoms. The van der Waals surface area contributed by atoms with Crippen LogP contribution in [0.3, 0.4) is 0 Å². The van der Waals surface area contributed by atoms with Crippen molar-refractivity contribution in [2.45, 2.75) is 57.6 Å². The first-order valence-electron chi connectivity index (χ1n) is 11.0. The SMILES string of the molecule is Cc1c(-c2cc(OC(C)C3CC(F)(F)C3)n3c(C#N)cnc3c2)nnn1C1CCNCC1.Cl. The summed E-state index contributed by atoms with van der Waals surface area (Å²) in [5.74, 6) is -2.46. The lowest BCUT2D eigenvalue weighted by atomic mass is 9.78. The normalized spacial score (nSPS) is 19.5. The van der Waals surface area contributed by atoms with Crippen molar-refractivity contribution in [3.05, 3.63) is 29.7 Å². The summed E-state index contributed by atoms with van der Waals surface area (Å²) in [6, 6.07) is 6.06. The highest BCUT2D eigenvalue weighted by atomic mass is 35.5. The van der Waals surface area contributed by atoms with E-state index in [1.54, 1.807) is 17.4 Å². The maximum absolute atomic E-state index is 13.4. The van der Waals surface area contributed by atoms with Crippen molar-refractivity contribution in [1.82, 2.24) is 29.7 Å². The smallest absolute Gasteiger partial charge is 0.249 e. The van der Waals surface area contributed by atoms with Crippen molar-refractivity contribution in [3.63, 3.8) is 0 Å². The number of hydrogen-bond donors (Lipinski definition) is 1. The van der Waals surface area contributed by atoms with Gasteiger partial charge in [0.25, 0.3) is 0 Å². The third kappa shape index (κ3) is 4.27. The quantitative estimate of drug-likeness (QED) is 0.598. The standard InChI is InChI=1S/C22H25F2N7O.ClH/c1-13-21(28-29-31(13)17-3-5-26-6-4-17)15-7-19-27-12-18(11-25)30(19)20(8-15)32-14(2)16-9-22(23,24)10-16;/h7-8,12,14,16-17,26H,3-6,9-10H2,1-2H3;1H. The molecule has 4 heterocycles. The maximum atomic E-state index is 13.4. The molecule has 1 unspecified atom stereocenters. The summed E-state index contributed by atoms with van der Waals surface area (Å²) in [6.45, 7) is 5.69. The van der Waals surface area contributed by atoms with E-state index in [-0.39, 0.29) is 31.2 Å². The predicted molar refractivity (Wildman–Crippen MR) is 120 cm³/mol. The summed E-state index contributed by atoms with van der Waals surface area (Å²) in [6.07, 6.45) is 2.67. The van der Waals surface area contributed by atoms with Crippen LogP contribution in [0.15, 0.2) is 18.3 Å². The van der Waals surface area contributed by atoms with Gasteiger partial charge in [-0.2, -0.15) is 5.26 Å². The van der Waals surface area contributed by atoms with Crippen molar-refractivity contribution < 1.29 is 13.5 Å². The van der Waals surface area contributed by atoms with E-state index in [9.17, 15) is 14.0 Å². The lowest BCUT2D eigenvalue weighted by Gasteiger charge is -2.38. The minimum Gasteiger partial charge on any atom is -0.475 e. The van der Waals surface area contributed by atoms with Gasteiger partial charge in [0.15, 0.2) is 0 Å². The Morgan fingerprint density at radius 3 is 2.67 bits per heavy atom. The van der Waals surface area contributed by atoms with Crippen LogP contribution in [0.1, 0.15) is 50.0 Å². The highest BCUT2D eigenvalue weighted by molar-refractivity contribution is 5.85. The first-order valence-corrected chi connectivity index (χ1v) is 11.0. The van der Waals surface area contributed by atoms with Gasteiger partial charge in [-0.25, -0.2) is 18.4 Å². The summed E-state index contributed by atoms with van der Waals surface area (Å²) >= 11 is 0. The van der Waals surface area contributed by atoms with E-state index >= 15 is 0 Å². The zero-order valence-electron chi connectivity index (χ0n) is 18.5. The number of fused-ring (bicyclic) bond motifs is 1. The molecule has 176 valence electrons. The fourth-order valence-corrected chi connectivity index (χ4v) is 4.71. The van der Waals surface area contributed by atoms with E-state index in [0.717, 1.165) is 42.9 Å². The molecule has 33 heavy (non-hydrogen) atoms. The number of hydrogen-bond acceptors (Lipinski definition) is 6. The van der Waals surface area contributed by atoms with Crippen LogP contribution in [0.25, 0.3) is 16.9 Å². The summed E-state index contributed by atoms with van der Waals surface area (Å²) < 4.78 is 36.4. The van der Waals surface area contributed by atoms with Gasteiger partial charge >= 0.3 is 0 Å². The number of nitrogens with one attached hydrogen (secondary N) is 1. The molecule has 1 saturated carbocycles. The molecule has 1 atom stereocenters. The molecule has 11 heteroatoms. The van der Waals surface area contributed by atoms with Crippen LogP contribution in [-0.2, 0) is 0 Å². The van der Waals surface area contributed by atoms with Crippen LogP contribution in [0.2, 0.25) is 0 Å².